The lowest BCUT2D eigenvalue weighted by Gasteiger charge is -2.19. The van der Waals surface area contributed by atoms with E-state index in [2.05, 4.69) is 10.1 Å². The highest BCUT2D eigenvalue weighted by atomic mass is 16.5. The van der Waals surface area contributed by atoms with Crippen molar-refractivity contribution in [3.05, 3.63) is 29.8 Å². The Morgan fingerprint density at radius 2 is 1.95 bits per heavy atom. The van der Waals surface area contributed by atoms with Crippen molar-refractivity contribution in [1.82, 2.24) is 5.32 Å². The molecule has 0 bridgehead atoms. The van der Waals surface area contributed by atoms with Gasteiger partial charge in [0.05, 0.1) is 20.6 Å². The van der Waals surface area contributed by atoms with Crippen molar-refractivity contribution in [3.63, 3.8) is 0 Å². The second-order valence-corrected chi connectivity index (χ2v) is 4.84. The number of carbonyl (C=O) groups excluding carboxylic acids is 2. The Kier molecular flexibility index (Phi) is 6.03. The number of ether oxygens (including phenoxy) is 2. The van der Waals surface area contributed by atoms with Gasteiger partial charge in [-0.1, -0.05) is 26.0 Å². The van der Waals surface area contributed by atoms with Crippen LogP contribution in [0.25, 0.3) is 0 Å². The SMILES string of the molecule is COC(=O)[C@@H](NC(=O)Cc1cccc(OC)c1)C(C)C. The first kappa shape index (κ1) is 16.0. The number of rotatable bonds is 6. The number of amides is 1. The number of benzene rings is 1. The first-order valence-electron chi connectivity index (χ1n) is 6.48. The van der Waals surface area contributed by atoms with Crippen LogP contribution in [0.2, 0.25) is 0 Å². The van der Waals surface area contributed by atoms with Crippen LogP contribution >= 0.6 is 0 Å². The van der Waals surface area contributed by atoms with Gasteiger partial charge in [-0.3, -0.25) is 4.79 Å². The van der Waals surface area contributed by atoms with E-state index in [0.29, 0.717) is 5.75 Å². The van der Waals surface area contributed by atoms with Crippen molar-refractivity contribution in [2.24, 2.45) is 5.92 Å². The number of hydrogen-bond acceptors (Lipinski definition) is 4. The van der Waals surface area contributed by atoms with Gasteiger partial charge in [-0.05, 0) is 23.6 Å². The Morgan fingerprint density at radius 1 is 1.25 bits per heavy atom. The van der Waals surface area contributed by atoms with Crippen molar-refractivity contribution >= 4 is 11.9 Å². The molecule has 5 nitrogen and oxygen atoms in total. The van der Waals surface area contributed by atoms with E-state index in [4.69, 9.17) is 4.74 Å². The molecule has 0 aliphatic heterocycles. The van der Waals surface area contributed by atoms with E-state index in [1.165, 1.54) is 7.11 Å². The van der Waals surface area contributed by atoms with E-state index in [1.54, 1.807) is 13.2 Å². The number of nitrogens with one attached hydrogen (secondary N) is 1. The monoisotopic (exact) mass is 279 g/mol. The molecule has 0 spiro atoms. The van der Waals surface area contributed by atoms with Crippen LogP contribution in [0.4, 0.5) is 0 Å². The Hall–Kier alpha value is -2.04. The van der Waals surface area contributed by atoms with Gasteiger partial charge < -0.3 is 14.8 Å². The molecule has 0 aliphatic rings. The van der Waals surface area contributed by atoms with Crippen LogP contribution in [-0.2, 0) is 20.7 Å². The van der Waals surface area contributed by atoms with Crippen LogP contribution in [0.5, 0.6) is 5.75 Å². The van der Waals surface area contributed by atoms with Crippen LogP contribution in [0.3, 0.4) is 0 Å². The summed E-state index contributed by atoms with van der Waals surface area (Å²) in [6.45, 7) is 3.71. The molecule has 0 aliphatic carbocycles. The van der Waals surface area contributed by atoms with Crippen molar-refractivity contribution in [2.45, 2.75) is 26.3 Å². The minimum Gasteiger partial charge on any atom is -0.497 e. The average molecular weight is 279 g/mol. The maximum absolute atomic E-state index is 12.0. The van der Waals surface area contributed by atoms with Crippen LogP contribution in [-0.4, -0.2) is 32.1 Å². The summed E-state index contributed by atoms with van der Waals surface area (Å²) < 4.78 is 9.79. The minimum absolute atomic E-state index is 0.0308. The summed E-state index contributed by atoms with van der Waals surface area (Å²) in [6.07, 6.45) is 0.192. The minimum atomic E-state index is -0.627. The smallest absolute Gasteiger partial charge is 0.328 e. The molecule has 1 amide bonds. The maximum atomic E-state index is 12.0. The lowest BCUT2D eigenvalue weighted by atomic mass is 10.0. The summed E-state index contributed by atoms with van der Waals surface area (Å²) in [5, 5.41) is 2.70. The first-order valence-corrected chi connectivity index (χ1v) is 6.48. The third-order valence-corrected chi connectivity index (χ3v) is 2.94. The summed E-state index contributed by atoms with van der Waals surface area (Å²) in [7, 11) is 2.89. The molecule has 1 rings (SSSR count). The molecule has 1 aromatic carbocycles. The molecular weight excluding hydrogens is 258 g/mol. The van der Waals surface area contributed by atoms with E-state index in [1.807, 2.05) is 32.0 Å². The van der Waals surface area contributed by atoms with Crippen LogP contribution in [0, 0.1) is 5.92 Å². The lowest BCUT2D eigenvalue weighted by Crippen LogP contribution is -2.45. The molecule has 1 atom stereocenters. The van der Waals surface area contributed by atoms with Gasteiger partial charge in [0.2, 0.25) is 5.91 Å². The Balaban J connectivity index is 2.68. The van der Waals surface area contributed by atoms with E-state index in [9.17, 15) is 9.59 Å². The fourth-order valence-corrected chi connectivity index (χ4v) is 1.82. The summed E-state index contributed by atoms with van der Waals surface area (Å²) in [6, 6.07) is 6.64. The van der Waals surface area contributed by atoms with Crippen molar-refractivity contribution in [2.75, 3.05) is 14.2 Å². The third-order valence-electron chi connectivity index (χ3n) is 2.94. The molecule has 20 heavy (non-hydrogen) atoms. The quantitative estimate of drug-likeness (QED) is 0.802. The summed E-state index contributed by atoms with van der Waals surface area (Å²) in [4.78, 5) is 23.6. The van der Waals surface area contributed by atoms with Gasteiger partial charge in [0.25, 0.3) is 0 Å². The van der Waals surface area contributed by atoms with Crippen molar-refractivity contribution < 1.29 is 19.1 Å². The predicted molar refractivity (Wildman–Crippen MR) is 75.5 cm³/mol. The molecule has 0 aromatic heterocycles. The second kappa shape index (κ2) is 7.53. The van der Waals surface area contributed by atoms with Crippen molar-refractivity contribution in [3.8, 4) is 5.75 Å². The number of carbonyl (C=O) groups is 2. The lowest BCUT2D eigenvalue weighted by molar-refractivity contribution is -0.146. The largest absolute Gasteiger partial charge is 0.497 e. The second-order valence-electron chi connectivity index (χ2n) is 4.84. The number of methoxy groups -OCH3 is 2. The normalized spacial score (nSPS) is 11.8. The molecule has 0 saturated heterocycles. The molecule has 1 N–H and O–H groups in total. The maximum Gasteiger partial charge on any atom is 0.328 e. The zero-order valence-electron chi connectivity index (χ0n) is 12.3. The van der Waals surface area contributed by atoms with Crippen LogP contribution < -0.4 is 10.1 Å². The molecule has 0 heterocycles. The van der Waals surface area contributed by atoms with Crippen LogP contribution in [0.1, 0.15) is 19.4 Å². The van der Waals surface area contributed by atoms with Gasteiger partial charge >= 0.3 is 5.97 Å². The van der Waals surface area contributed by atoms with E-state index >= 15 is 0 Å². The van der Waals surface area contributed by atoms with Gasteiger partial charge in [0, 0.05) is 0 Å². The number of esters is 1. The van der Waals surface area contributed by atoms with Crippen molar-refractivity contribution in [1.29, 1.82) is 0 Å². The highest BCUT2D eigenvalue weighted by Gasteiger charge is 2.24. The van der Waals surface area contributed by atoms with E-state index < -0.39 is 12.0 Å². The summed E-state index contributed by atoms with van der Waals surface area (Å²) in [5.74, 6) is 0.0155. The highest BCUT2D eigenvalue weighted by Crippen LogP contribution is 2.13. The first-order chi connectivity index (χ1) is 9.47. The Labute approximate surface area is 119 Å². The van der Waals surface area contributed by atoms with Gasteiger partial charge in [0.1, 0.15) is 11.8 Å². The molecule has 0 fully saturated rings. The van der Waals surface area contributed by atoms with Gasteiger partial charge in [0.15, 0.2) is 0 Å². The molecule has 5 heteroatoms. The Morgan fingerprint density at radius 3 is 2.50 bits per heavy atom. The number of hydrogen-bond donors (Lipinski definition) is 1. The summed E-state index contributed by atoms with van der Waals surface area (Å²) >= 11 is 0. The third kappa shape index (κ3) is 4.57. The fraction of sp³-hybridized carbons (Fsp3) is 0.467. The predicted octanol–water partition coefficient (Wildman–Crippen LogP) is 1.55. The average Bonchev–Trinajstić information content (AvgIpc) is 2.43. The van der Waals surface area contributed by atoms with Crippen LogP contribution in [0.15, 0.2) is 24.3 Å². The molecule has 1 aromatic rings. The van der Waals surface area contributed by atoms with Gasteiger partial charge in [-0.25, -0.2) is 4.79 Å². The zero-order valence-corrected chi connectivity index (χ0v) is 12.3. The van der Waals surface area contributed by atoms with E-state index in [-0.39, 0.29) is 18.2 Å². The Bertz CT molecular complexity index is 471. The molecule has 0 unspecified atom stereocenters. The zero-order chi connectivity index (χ0) is 15.1. The molecule has 0 saturated carbocycles. The topological polar surface area (TPSA) is 64.6 Å². The molecule has 0 radical (unpaired) electrons. The fourth-order valence-electron chi connectivity index (χ4n) is 1.82. The highest BCUT2D eigenvalue weighted by molar-refractivity contribution is 5.85. The molecular formula is C15H21NO4. The standard InChI is InChI=1S/C15H21NO4/c1-10(2)14(15(18)20-4)16-13(17)9-11-6-5-7-12(8-11)19-3/h5-8,10,14H,9H2,1-4H3,(H,16,17)/t14-/m0/s1. The van der Waals surface area contributed by atoms with E-state index in [0.717, 1.165) is 5.56 Å². The molecule has 110 valence electrons. The van der Waals surface area contributed by atoms with Gasteiger partial charge in [-0.2, -0.15) is 0 Å². The van der Waals surface area contributed by atoms with Gasteiger partial charge in [-0.15, -0.1) is 0 Å². The summed E-state index contributed by atoms with van der Waals surface area (Å²) in [5.41, 5.74) is 0.828.